The summed E-state index contributed by atoms with van der Waals surface area (Å²) in [4.78, 5) is 52.0. The van der Waals surface area contributed by atoms with Crippen LogP contribution in [0.15, 0.2) is 18.2 Å². The summed E-state index contributed by atoms with van der Waals surface area (Å²) in [5.41, 5.74) is 0.126. The van der Waals surface area contributed by atoms with E-state index in [0.29, 0.717) is 11.4 Å². The monoisotopic (exact) mass is 513 g/mol. The smallest absolute Gasteiger partial charge is 0.497 e. The number of nitrogens with one attached hydrogen (secondary N) is 2. The van der Waals surface area contributed by atoms with Crippen LogP contribution >= 0.6 is 23.2 Å². The van der Waals surface area contributed by atoms with Crippen LogP contribution in [0.5, 0.6) is 0 Å². The van der Waals surface area contributed by atoms with Gasteiger partial charge < -0.3 is 24.7 Å². The highest BCUT2D eigenvalue weighted by atomic mass is 35.5. The van der Waals surface area contributed by atoms with Gasteiger partial charge in [-0.05, 0) is 37.6 Å². The van der Waals surface area contributed by atoms with Crippen LogP contribution in [0.4, 0.5) is 0 Å². The molecule has 1 aromatic carbocycles. The van der Waals surface area contributed by atoms with E-state index in [4.69, 9.17) is 37.2 Å². The number of amides is 2. The number of halogens is 2. The van der Waals surface area contributed by atoms with Gasteiger partial charge in [0.05, 0.1) is 36.3 Å². The minimum atomic E-state index is -1.32. The molecule has 3 rings (SSSR count). The minimum absolute atomic E-state index is 0.0681. The number of fused-ring (bicyclic) bond motifs is 2. The number of hydrogen-bond donors (Lipinski definition) is 2. The highest BCUT2D eigenvalue weighted by Crippen LogP contribution is 2.21. The number of hydrogen-bond acceptors (Lipinski definition) is 8. The largest absolute Gasteiger partial charge is 0.622 e. The second-order valence-electron chi connectivity index (χ2n) is 8.59. The number of benzene rings is 1. The van der Waals surface area contributed by atoms with E-state index in [1.54, 1.807) is 18.0 Å². The molecule has 1 unspecified atom stereocenters. The van der Waals surface area contributed by atoms with Crippen molar-refractivity contribution in [3.63, 3.8) is 0 Å². The molecule has 34 heavy (non-hydrogen) atoms. The van der Waals surface area contributed by atoms with Gasteiger partial charge in [-0.1, -0.05) is 37.0 Å². The Bertz CT molecular complexity index is 938. The molecule has 0 saturated carbocycles. The van der Waals surface area contributed by atoms with E-state index in [1.165, 1.54) is 12.1 Å². The van der Waals surface area contributed by atoms with Crippen LogP contribution in [0.3, 0.4) is 0 Å². The van der Waals surface area contributed by atoms with Crippen LogP contribution in [-0.4, -0.2) is 80.6 Å². The van der Waals surface area contributed by atoms with Crippen molar-refractivity contribution >= 4 is 54.1 Å². The first-order valence-electron chi connectivity index (χ1n) is 10.8. The third-order valence-corrected chi connectivity index (χ3v) is 6.09. The van der Waals surface area contributed by atoms with Crippen molar-refractivity contribution in [2.75, 3.05) is 26.8 Å². The number of rotatable bonds is 7. The normalized spacial score (nSPS) is 21.8. The van der Waals surface area contributed by atoms with Gasteiger partial charge in [0, 0.05) is 5.02 Å². The van der Waals surface area contributed by atoms with Crippen molar-refractivity contribution in [3.8, 4) is 0 Å². The molecule has 2 N–H and O–H groups in total. The fourth-order valence-electron chi connectivity index (χ4n) is 3.72. The highest BCUT2D eigenvalue weighted by Gasteiger charge is 2.48. The Labute approximate surface area is 207 Å². The second kappa shape index (κ2) is 11.4. The molecule has 2 bridgehead atoms. The number of morpholine rings is 1. The topological polar surface area (TPSA) is 123 Å². The van der Waals surface area contributed by atoms with E-state index in [1.807, 2.05) is 13.8 Å². The van der Waals surface area contributed by atoms with Crippen LogP contribution in [0.25, 0.3) is 0 Å². The summed E-state index contributed by atoms with van der Waals surface area (Å²) in [7, 11) is 0.310. The van der Waals surface area contributed by atoms with Crippen LogP contribution < -0.4 is 10.6 Å². The molecule has 2 aliphatic heterocycles. The number of nitrogens with zero attached hydrogens (tertiary/aromatic N) is 1. The van der Waals surface area contributed by atoms with E-state index >= 15 is 0 Å². The van der Waals surface area contributed by atoms with Crippen LogP contribution in [0.1, 0.15) is 30.6 Å². The number of carbonyl (C=O) groups excluding carboxylic acids is 4. The van der Waals surface area contributed by atoms with Crippen molar-refractivity contribution < 1.29 is 33.2 Å². The molecule has 2 amide bonds. The molecule has 2 fully saturated rings. The lowest BCUT2D eigenvalue weighted by Crippen LogP contribution is -2.63. The van der Waals surface area contributed by atoms with Crippen molar-refractivity contribution in [3.05, 3.63) is 33.8 Å². The SMILES string of the molecule is CC(C)CC(NC(=O)CNC(=O)c1cc(Cl)ccc1Cl)B1OC(=O)[C@H]2COC[C@@H](C(=O)O1)N2C. The van der Waals surface area contributed by atoms with Gasteiger partial charge in [0.1, 0.15) is 12.1 Å². The van der Waals surface area contributed by atoms with Gasteiger partial charge in [0.2, 0.25) is 5.91 Å². The summed E-state index contributed by atoms with van der Waals surface area (Å²) >= 11 is 11.9. The van der Waals surface area contributed by atoms with Crippen LogP contribution in [0.2, 0.25) is 10.0 Å². The van der Waals surface area contributed by atoms with E-state index in [-0.39, 0.29) is 36.3 Å². The molecule has 0 aromatic heterocycles. The van der Waals surface area contributed by atoms with Crippen LogP contribution in [0, 0.1) is 5.92 Å². The third-order valence-electron chi connectivity index (χ3n) is 5.53. The Morgan fingerprint density at radius 2 is 1.76 bits per heavy atom. The zero-order valence-electron chi connectivity index (χ0n) is 19.0. The molecule has 0 spiro atoms. The lowest BCUT2D eigenvalue weighted by molar-refractivity contribution is -0.166. The highest BCUT2D eigenvalue weighted by molar-refractivity contribution is 6.51. The van der Waals surface area contributed by atoms with Gasteiger partial charge in [0.15, 0.2) is 0 Å². The van der Waals surface area contributed by atoms with Gasteiger partial charge in [-0.3, -0.25) is 24.1 Å². The van der Waals surface area contributed by atoms with Gasteiger partial charge in [-0.25, -0.2) is 0 Å². The molecule has 184 valence electrons. The first-order valence-corrected chi connectivity index (χ1v) is 11.6. The summed E-state index contributed by atoms with van der Waals surface area (Å²) in [6, 6.07) is 2.90. The first-order chi connectivity index (χ1) is 16.1. The van der Waals surface area contributed by atoms with Gasteiger partial charge in [-0.2, -0.15) is 0 Å². The number of likely N-dealkylation sites (N-methyl/N-ethyl adjacent to an activating group) is 1. The van der Waals surface area contributed by atoms with Crippen LogP contribution in [-0.2, 0) is 28.4 Å². The summed E-state index contributed by atoms with van der Waals surface area (Å²) in [6.45, 7) is 3.61. The number of carbonyl (C=O) groups is 4. The predicted octanol–water partition coefficient (Wildman–Crippen LogP) is 1.08. The Morgan fingerprint density at radius 3 is 2.35 bits per heavy atom. The van der Waals surface area contributed by atoms with Gasteiger partial charge in [-0.15, -0.1) is 0 Å². The Kier molecular flexibility index (Phi) is 8.80. The maximum Gasteiger partial charge on any atom is 0.622 e. The lowest BCUT2D eigenvalue weighted by atomic mass is 9.73. The predicted molar refractivity (Wildman–Crippen MR) is 124 cm³/mol. The molecule has 2 aliphatic rings. The molecule has 0 aliphatic carbocycles. The summed E-state index contributed by atoms with van der Waals surface area (Å²) in [5.74, 6) is -3.13. The Morgan fingerprint density at radius 1 is 1.15 bits per heavy atom. The fourth-order valence-corrected chi connectivity index (χ4v) is 4.09. The van der Waals surface area contributed by atoms with Crippen molar-refractivity contribution in [1.82, 2.24) is 15.5 Å². The standard InChI is InChI=1S/C21H26BCl2N3O7/c1-11(2)6-17(22-33-20(30)15-9-32-10-16(27(15)3)21(31)34-22)26-18(28)8-25-19(29)13-7-12(23)4-5-14(13)24/h4-5,7,11,15-17H,6,8-10H2,1-3H3,(H,25,29)(H,26,28)/t15-,16+,17?. The van der Waals surface area contributed by atoms with Gasteiger partial charge >= 0.3 is 19.1 Å². The molecule has 2 saturated heterocycles. The number of ether oxygens (including phenoxy) is 1. The maximum absolute atomic E-state index is 12.7. The fraction of sp³-hybridized carbons (Fsp3) is 0.524. The summed E-state index contributed by atoms with van der Waals surface area (Å²) < 4.78 is 16.3. The zero-order valence-corrected chi connectivity index (χ0v) is 20.5. The van der Waals surface area contributed by atoms with E-state index in [0.717, 1.165) is 0 Å². The molecular formula is C21H26BCl2N3O7. The minimum Gasteiger partial charge on any atom is -0.497 e. The van der Waals surface area contributed by atoms with Crippen molar-refractivity contribution in [2.45, 2.75) is 38.3 Å². The van der Waals surface area contributed by atoms with E-state index < -0.39 is 48.9 Å². The Balaban J connectivity index is 1.68. The molecule has 13 heteroatoms. The maximum atomic E-state index is 12.7. The van der Waals surface area contributed by atoms with E-state index in [9.17, 15) is 19.2 Å². The average molecular weight is 514 g/mol. The Hall–Kier alpha value is -2.34. The second-order valence-corrected chi connectivity index (χ2v) is 9.43. The summed E-state index contributed by atoms with van der Waals surface area (Å²) in [6.07, 6.45) is 0.354. The summed E-state index contributed by atoms with van der Waals surface area (Å²) in [5, 5.41) is 5.69. The molecule has 0 radical (unpaired) electrons. The first kappa shape index (κ1) is 26.3. The molecule has 3 atom stereocenters. The molecule has 2 heterocycles. The van der Waals surface area contributed by atoms with Crippen molar-refractivity contribution in [1.29, 1.82) is 0 Å². The molecular weight excluding hydrogens is 488 g/mol. The third kappa shape index (κ3) is 6.41. The molecule has 1 aromatic rings. The van der Waals surface area contributed by atoms with E-state index in [2.05, 4.69) is 10.6 Å². The zero-order chi connectivity index (χ0) is 25.0. The van der Waals surface area contributed by atoms with Gasteiger partial charge in [0.25, 0.3) is 5.91 Å². The lowest BCUT2D eigenvalue weighted by Gasteiger charge is -2.40. The molecule has 10 nitrogen and oxygen atoms in total. The quantitative estimate of drug-likeness (QED) is 0.519. The average Bonchev–Trinajstić information content (AvgIpc) is 2.77. The van der Waals surface area contributed by atoms with Crippen molar-refractivity contribution in [2.24, 2.45) is 5.92 Å².